The summed E-state index contributed by atoms with van der Waals surface area (Å²) >= 11 is 6.08. The molecule has 0 bridgehead atoms. The topological polar surface area (TPSA) is 79.6 Å². The van der Waals surface area contributed by atoms with Crippen molar-refractivity contribution in [2.45, 2.75) is 19.9 Å². The minimum Gasteiger partial charge on any atom is -0.357 e. The Kier molecular flexibility index (Phi) is 4.69. The Hall–Kier alpha value is -2.70. The molecule has 4 aromatic rings. The Bertz CT molecular complexity index is 1030. The second-order valence-corrected chi connectivity index (χ2v) is 6.51. The largest absolute Gasteiger partial charge is 0.357 e. The predicted octanol–water partition coefficient (Wildman–Crippen LogP) is 3.91. The van der Waals surface area contributed by atoms with E-state index in [1.54, 1.807) is 6.20 Å². The number of halogens is 1. The van der Waals surface area contributed by atoms with Gasteiger partial charge in [-0.3, -0.25) is 4.98 Å². The van der Waals surface area contributed by atoms with E-state index in [0.29, 0.717) is 23.8 Å². The average molecular weight is 368 g/mol. The minimum absolute atomic E-state index is 0.518. The van der Waals surface area contributed by atoms with Gasteiger partial charge in [0, 0.05) is 47.3 Å². The van der Waals surface area contributed by atoms with Crippen molar-refractivity contribution < 1.29 is 4.52 Å². The standard InChI is InChI=1S/C19H18ClN5O/c1-12-14-10-13(20)5-6-15(14)23-17(12)11-21-9-7-18-24-19(25-26-18)16-4-2-3-8-22-16/h2-6,8,10,21,23H,7,9,11H2,1H3. The van der Waals surface area contributed by atoms with Crippen LogP contribution in [0.4, 0.5) is 0 Å². The molecule has 0 saturated carbocycles. The zero-order chi connectivity index (χ0) is 17.9. The van der Waals surface area contributed by atoms with E-state index in [2.05, 4.69) is 32.3 Å². The number of nitrogens with zero attached hydrogens (tertiary/aromatic N) is 3. The van der Waals surface area contributed by atoms with Crippen LogP contribution < -0.4 is 5.32 Å². The smallest absolute Gasteiger partial charge is 0.228 e. The molecule has 6 nitrogen and oxygen atoms in total. The van der Waals surface area contributed by atoms with Gasteiger partial charge in [-0.25, -0.2) is 0 Å². The number of aryl methyl sites for hydroxylation is 1. The van der Waals surface area contributed by atoms with Gasteiger partial charge in [-0.2, -0.15) is 4.98 Å². The molecule has 132 valence electrons. The van der Waals surface area contributed by atoms with Gasteiger partial charge in [0.25, 0.3) is 0 Å². The van der Waals surface area contributed by atoms with Crippen LogP contribution in [0.25, 0.3) is 22.4 Å². The Morgan fingerprint density at radius 1 is 1.23 bits per heavy atom. The van der Waals surface area contributed by atoms with Gasteiger partial charge in [-0.05, 0) is 42.8 Å². The lowest BCUT2D eigenvalue weighted by molar-refractivity contribution is 0.376. The van der Waals surface area contributed by atoms with Crippen molar-refractivity contribution in [3.8, 4) is 11.5 Å². The molecule has 7 heteroatoms. The second-order valence-electron chi connectivity index (χ2n) is 6.07. The predicted molar refractivity (Wildman–Crippen MR) is 101 cm³/mol. The first-order chi connectivity index (χ1) is 12.7. The summed E-state index contributed by atoms with van der Waals surface area (Å²) in [5.74, 6) is 1.11. The number of hydrogen-bond donors (Lipinski definition) is 2. The Labute approximate surface area is 155 Å². The number of aromatic nitrogens is 4. The van der Waals surface area contributed by atoms with Crippen molar-refractivity contribution in [2.75, 3.05) is 6.54 Å². The monoisotopic (exact) mass is 367 g/mol. The third-order valence-electron chi connectivity index (χ3n) is 4.30. The Balaban J connectivity index is 1.35. The Morgan fingerprint density at radius 3 is 3.00 bits per heavy atom. The first-order valence-electron chi connectivity index (χ1n) is 8.42. The molecule has 1 aromatic carbocycles. The molecule has 0 saturated heterocycles. The summed E-state index contributed by atoms with van der Waals surface area (Å²) < 4.78 is 5.29. The molecule has 0 aliphatic carbocycles. The van der Waals surface area contributed by atoms with E-state index in [1.807, 2.05) is 36.4 Å². The molecule has 0 amide bonds. The van der Waals surface area contributed by atoms with Crippen molar-refractivity contribution in [3.63, 3.8) is 0 Å². The first kappa shape index (κ1) is 16.8. The van der Waals surface area contributed by atoms with Crippen LogP contribution >= 0.6 is 11.6 Å². The molecule has 0 atom stereocenters. The highest BCUT2D eigenvalue weighted by Gasteiger charge is 2.10. The molecule has 3 heterocycles. The highest BCUT2D eigenvalue weighted by molar-refractivity contribution is 6.31. The number of rotatable bonds is 6. The molecule has 4 rings (SSSR count). The maximum Gasteiger partial charge on any atom is 0.228 e. The minimum atomic E-state index is 0.518. The summed E-state index contributed by atoms with van der Waals surface area (Å²) in [7, 11) is 0. The highest BCUT2D eigenvalue weighted by atomic mass is 35.5. The molecule has 2 N–H and O–H groups in total. The second kappa shape index (κ2) is 7.27. The van der Waals surface area contributed by atoms with E-state index in [9.17, 15) is 0 Å². The van der Waals surface area contributed by atoms with Gasteiger partial charge in [-0.15, -0.1) is 0 Å². The van der Waals surface area contributed by atoms with E-state index in [-0.39, 0.29) is 0 Å². The van der Waals surface area contributed by atoms with Crippen LogP contribution in [0.5, 0.6) is 0 Å². The van der Waals surface area contributed by atoms with Crippen LogP contribution in [-0.2, 0) is 13.0 Å². The summed E-state index contributed by atoms with van der Waals surface area (Å²) in [6.07, 6.45) is 2.37. The number of pyridine rings is 1. The van der Waals surface area contributed by atoms with Gasteiger partial charge in [0.15, 0.2) is 0 Å². The van der Waals surface area contributed by atoms with Crippen LogP contribution in [0.2, 0.25) is 5.02 Å². The summed E-state index contributed by atoms with van der Waals surface area (Å²) in [5, 5.41) is 9.30. The Morgan fingerprint density at radius 2 is 2.15 bits per heavy atom. The number of hydrogen-bond acceptors (Lipinski definition) is 5. The van der Waals surface area contributed by atoms with Crippen molar-refractivity contribution in [2.24, 2.45) is 0 Å². The molecule has 0 unspecified atom stereocenters. The maximum atomic E-state index is 6.08. The molecule has 0 aliphatic heterocycles. The third-order valence-corrected chi connectivity index (χ3v) is 4.54. The fraction of sp³-hybridized carbons (Fsp3) is 0.211. The maximum absolute atomic E-state index is 6.08. The zero-order valence-electron chi connectivity index (χ0n) is 14.3. The van der Waals surface area contributed by atoms with Crippen molar-refractivity contribution in [1.82, 2.24) is 25.4 Å². The lowest BCUT2D eigenvalue weighted by Gasteiger charge is -2.02. The lowest BCUT2D eigenvalue weighted by Crippen LogP contribution is -2.17. The van der Waals surface area contributed by atoms with Crippen LogP contribution in [-0.4, -0.2) is 26.7 Å². The van der Waals surface area contributed by atoms with Gasteiger partial charge in [0.05, 0.1) is 0 Å². The summed E-state index contributed by atoms with van der Waals surface area (Å²) in [6.45, 7) is 3.57. The quantitative estimate of drug-likeness (QED) is 0.505. The summed E-state index contributed by atoms with van der Waals surface area (Å²) in [5.41, 5.74) is 4.18. The fourth-order valence-corrected chi connectivity index (χ4v) is 3.07. The van der Waals surface area contributed by atoms with E-state index in [4.69, 9.17) is 16.1 Å². The normalized spacial score (nSPS) is 11.3. The van der Waals surface area contributed by atoms with Crippen molar-refractivity contribution >= 4 is 22.5 Å². The number of H-pyrrole nitrogens is 1. The first-order valence-corrected chi connectivity index (χ1v) is 8.80. The van der Waals surface area contributed by atoms with Gasteiger partial charge in [-0.1, -0.05) is 22.8 Å². The van der Waals surface area contributed by atoms with E-state index < -0.39 is 0 Å². The molecule has 3 aromatic heterocycles. The van der Waals surface area contributed by atoms with Crippen LogP contribution in [0.3, 0.4) is 0 Å². The van der Waals surface area contributed by atoms with Crippen LogP contribution in [0, 0.1) is 6.92 Å². The molecule has 0 fully saturated rings. The third kappa shape index (κ3) is 3.47. The van der Waals surface area contributed by atoms with Crippen molar-refractivity contribution in [1.29, 1.82) is 0 Å². The number of nitrogens with one attached hydrogen (secondary N) is 2. The average Bonchev–Trinajstić information content (AvgIpc) is 3.25. The number of benzene rings is 1. The summed E-state index contributed by atoms with van der Waals surface area (Å²) in [6, 6.07) is 11.5. The highest BCUT2D eigenvalue weighted by Crippen LogP contribution is 2.24. The van der Waals surface area contributed by atoms with Crippen LogP contribution in [0.15, 0.2) is 47.1 Å². The SMILES string of the molecule is Cc1c(CNCCc2nc(-c3ccccn3)no2)[nH]c2ccc(Cl)cc12. The summed E-state index contributed by atoms with van der Waals surface area (Å²) in [4.78, 5) is 12.0. The van der Waals surface area contributed by atoms with Gasteiger partial charge in [0.1, 0.15) is 5.69 Å². The van der Waals surface area contributed by atoms with E-state index >= 15 is 0 Å². The fourth-order valence-electron chi connectivity index (χ4n) is 2.90. The molecule has 26 heavy (non-hydrogen) atoms. The molecule has 0 radical (unpaired) electrons. The number of aromatic amines is 1. The number of fused-ring (bicyclic) bond motifs is 1. The molecule has 0 spiro atoms. The van der Waals surface area contributed by atoms with E-state index in [0.717, 1.165) is 34.7 Å². The van der Waals surface area contributed by atoms with E-state index in [1.165, 1.54) is 5.56 Å². The van der Waals surface area contributed by atoms with Gasteiger partial charge >= 0.3 is 0 Å². The lowest BCUT2D eigenvalue weighted by atomic mass is 10.1. The molecule has 0 aliphatic rings. The van der Waals surface area contributed by atoms with Gasteiger partial charge in [0.2, 0.25) is 11.7 Å². The zero-order valence-corrected chi connectivity index (χ0v) is 15.0. The van der Waals surface area contributed by atoms with Gasteiger partial charge < -0.3 is 14.8 Å². The molecular weight excluding hydrogens is 350 g/mol. The van der Waals surface area contributed by atoms with Crippen molar-refractivity contribution in [3.05, 3.63) is 64.8 Å². The molecular formula is C19H18ClN5O. The van der Waals surface area contributed by atoms with Crippen LogP contribution in [0.1, 0.15) is 17.1 Å².